The molecule has 1 atom stereocenters. The van der Waals surface area contributed by atoms with E-state index in [0.717, 1.165) is 22.0 Å². The molecule has 4 rings (SSSR count). The minimum absolute atomic E-state index is 0.0310. The maximum absolute atomic E-state index is 14.4. The van der Waals surface area contributed by atoms with E-state index >= 15 is 0 Å². The highest BCUT2D eigenvalue weighted by atomic mass is 35.5. The Balaban J connectivity index is 1.82. The lowest BCUT2D eigenvalue weighted by Gasteiger charge is -2.34. The minimum atomic E-state index is -4.35. The van der Waals surface area contributed by atoms with E-state index in [0.29, 0.717) is 10.6 Å². The molecule has 4 aromatic rings. The summed E-state index contributed by atoms with van der Waals surface area (Å²) in [7, 11) is -4.35. The van der Waals surface area contributed by atoms with Gasteiger partial charge in [-0.25, -0.2) is 8.42 Å². The Hall–Kier alpha value is -4.45. The molecule has 4 aromatic carbocycles. The molecule has 0 aliphatic heterocycles. The number of nitrogens with one attached hydrogen (secondary N) is 1. The van der Waals surface area contributed by atoms with E-state index in [-0.39, 0.29) is 40.3 Å². The number of hydrogen-bond acceptors (Lipinski definition) is 6. The molecule has 0 aromatic heterocycles. The molecular formula is C33H32Cl2N4O6S. The molecule has 240 valence electrons. The number of non-ortho nitro benzene ring substituents is 1. The Bertz CT molecular complexity index is 1790. The van der Waals surface area contributed by atoms with Crippen LogP contribution in [-0.4, -0.2) is 48.7 Å². The van der Waals surface area contributed by atoms with Gasteiger partial charge in [0.2, 0.25) is 11.8 Å². The summed E-state index contributed by atoms with van der Waals surface area (Å²) >= 11 is 12.4. The Labute approximate surface area is 277 Å². The predicted molar refractivity (Wildman–Crippen MR) is 178 cm³/mol. The first-order valence-corrected chi connectivity index (χ1v) is 16.5. The van der Waals surface area contributed by atoms with E-state index in [9.17, 15) is 28.1 Å². The van der Waals surface area contributed by atoms with Crippen molar-refractivity contribution in [2.75, 3.05) is 10.8 Å². The third-order valence-corrected chi connectivity index (χ3v) is 9.52. The number of nitro groups is 1. The maximum atomic E-state index is 14.4. The van der Waals surface area contributed by atoms with Gasteiger partial charge in [-0.05, 0) is 61.4 Å². The standard InChI is InChI=1S/C33H32Cl2N4O6S/c1-23(2)36-33(41)31(20-24-9-5-3-6-10-24)37(21-25-13-18-29(34)30(35)19-25)32(40)22-38(26-14-16-27(17-15-26)39(42)43)46(44,45)28-11-7-4-8-12-28/h3-19,23,31H,20-22H2,1-2H3,(H,36,41)/t31-/m1/s1. The molecule has 0 aliphatic rings. The van der Waals surface area contributed by atoms with Crippen LogP contribution in [-0.2, 0) is 32.6 Å². The summed E-state index contributed by atoms with van der Waals surface area (Å²) in [6, 6.07) is 25.1. The molecule has 0 heterocycles. The Morgan fingerprint density at radius 2 is 1.46 bits per heavy atom. The molecule has 0 spiro atoms. The highest BCUT2D eigenvalue weighted by Gasteiger charge is 2.35. The third-order valence-electron chi connectivity index (χ3n) is 7.00. The molecule has 10 nitrogen and oxygen atoms in total. The SMILES string of the molecule is CC(C)NC(=O)[C@@H](Cc1ccccc1)N(Cc1ccc(Cl)c(Cl)c1)C(=O)CN(c1ccc([N+](=O)[O-])cc1)S(=O)(=O)c1ccccc1. The minimum Gasteiger partial charge on any atom is -0.352 e. The maximum Gasteiger partial charge on any atom is 0.269 e. The molecular weight excluding hydrogens is 651 g/mol. The summed E-state index contributed by atoms with van der Waals surface area (Å²) in [6.07, 6.45) is 0.134. The molecule has 0 saturated heterocycles. The van der Waals surface area contributed by atoms with Crippen LogP contribution in [0.4, 0.5) is 11.4 Å². The second kappa shape index (κ2) is 15.2. The van der Waals surface area contributed by atoms with E-state index in [1.807, 2.05) is 30.3 Å². The summed E-state index contributed by atoms with van der Waals surface area (Å²) in [5, 5.41) is 14.7. The summed E-state index contributed by atoms with van der Waals surface area (Å²) in [4.78, 5) is 40.1. The summed E-state index contributed by atoms with van der Waals surface area (Å²) in [6.45, 7) is 2.78. The largest absolute Gasteiger partial charge is 0.352 e. The van der Waals surface area contributed by atoms with Crippen molar-refractivity contribution in [3.8, 4) is 0 Å². The van der Waals surface area contributed by atoms with Gasteiger partial charge in [0.15, 0.2) is 0 Å². The number of benzene rings is 4. The number of carbonyl (C=O) groups is 2. The van der Waals surface area contributed by atoms with Gasteiger partial charge in [-0.1, -0.05) is 77.8 Å². The van der Waals surface area contributed by atoms with E-state index in [1.54, 1.807) is 50.2 Å². The zero-order valence-corrected chi connectivity index (χ0v) is 27.4. The van der Waals surface area contributed by atoms with Crippen molar-refractivity contribution in [3.05, 3.63) is 134 Å². The average Bonchev–Trinajstić information content (AvgIpc) is 3.03. The van der Waals surface area contributed by atoms with E-state index < -0.39 is 39.3 Å². The third kappa shape index (κ3) is 8.63. The monoisotopic (exact) mass is 682 g/mol. The number of sulfonamides is 1. The molecule has 46 heavy (non-hydrogen) atoms. The van der Waals surface area contributed by atoms with Gasteiger partial charge in [-0.3, -0.25) is 24.0 Å². The molecule has 2 amide bonds. The van der Waals surface area contributed by atoms with Crippen LogP contribution >= 0.6 is 23.2 Å². The molecule has 0 radical (unpaired) electrons. The Morgan fingerprint density at radius 1 is 0.848 bits per heavy atom. The van der Waals surface area contributed by atoms with Crippen LogP contribution in [0, 0.1) is 10.1 Å². The Morgan fingerprint density at radius 3 is 2.02 bits per heavy atom. The van der Waals surface area contributed by atoms with Crippen molar-refractivity contribution in [2.45, 2.75) is 43.8 Å². The zero-order chi connectivity index (χ0) is 33.4. The van der Waals surface area contributed by atoms with Crippen LogP contribution in [0.2, 0.25) is 10.0 Å². The first kappa shape index (κ1) is 34.4. The highest BCUT2D eigenvalue weighted by molar-refractivity contribution is 7.92. The second-order valence-electron chi connectivity index (χ2n) is 10.7. The highest BCUT2D eigenvalue weighted by Crippen LogP contribution is 2.28. The predicted octanol–water partition coefficient (Wildman–Crippen LogP) is 6.26. The van der Waals surface area contributed by atoms with E-state index in [4.69, 9.17) is 23.2 Å². The topological polar surface area (TPSA) is 130 Å². The number of carbonyl (C=O) groups excluding carboxylic acids is 2. The van der Waals surface area contributed by atoms with Crippen molar-refractivity contribution in [2.24, 2.45) is 0 Å². The molecule has 0 saturated carbocycles. The first-order valence-electron chi connectivity index (χ1n) is 14.3. The molecule has 13 heteroatoms. The van der Waals surface area contributed by atoms with Crippen LogP contribution in [0.15, 0.2) is 108 Å². The van der Waals surface area contributed by atoms with Crippen molar-refractivity contribution < 1.29 is 22.9 Å². The molecule has 0 unspecified atom stereocenters. The Kier molecular flexibility index (Phi) is 11.4. The number of nitrogens with zero attached hydrogens (tertiary/aromatic N) is 3. The lowest BCUT2D eigenvalue weighted by Crippen LogP contribution is -2.54. The molecule has 0 bridgehead atoms. The van der Waals surface area contributed by atoms with Crippen LogP contribution < -0.4 is 9.62 Å². The van der Waals surface area contributed by atoms with Crippen molar-refractivity contribution in [3.63, 3.8) is 0 Å². The van der Waals surface area contributed by atoms with E-state index in [1.165, 1.54) is 29.2 Å². The first-order chi connectivity index (χ1) is 21.9. The smallest absolute Gasteiger partial charge is 0.269 e. The van der Waals surface area contributed by atoms with Crippen molar-refractivity contribution >= 4 is 56.4 Å². The quantitative estimate of drug-likeness (QED) is 0.131. The number of halogens is 2. The lowest BCUT2D eigenvalue weighted by molar-refractivity contribution is -0.384. The number of hydrogen-bond donors (Lipinski definition) is 1. The van der Waals surface area contributed by atoms with Gasteiger partial charge >= 0.3 is 0 Å². The van der Waals surface area contributed by atoms with Crippen LogP contribution in [0.25, 0.3) is 0 Å². The number of nitro benzene ring substituents is 1. The fourth-order valence-corrected chi connectivity index (χ4v) is 6.51. The van der Waals surface area contributed by atoms with Gasteiger partial charge in [0.1, 0.15) is 12.6 Å². The van der Waals surface area contributed by atoms with E-state index in [2.05, 4.69) is 5.32 Å². The van der Waals surface area contributed by atoms with Gasteiger partial charge < -0.3 is 10.2 Å². The van der Waals surface area contributed by atoms with Gasteiger partial charge in [0.25, 0.3) is 15.7 Å². The van der Waals surface area contributed by atoms with Crippen molar-refractivity contribution in [1.82, 2.24) is 10.2 Å². The molecule has 1 N–H and O–H groups in total. The van der Waals surface area contributed by atoms with Gasteiger partial charge in [0.05, 0.1) is 25.6 Å². The van der Waals surface area contributed by atoms with Gasteiger partial charge in [-0.15, -0.1) is 0 Å². The average molecular weight is 684 g/mol. The lowest BCUT2D eigenvalue weighted by atomic mass is 10.0. The fraction of sp³-hybridized carbons (Fsp3) is 0.212. The molecule has 0 aliphatic carbocycles. The fourth-order valence-electron chi connectivity index (χ4n) is 4.76. The summed E-state index contributed by atoms with van der Waals surface area (Å²) in [5.41, 5.74) is 1.12. The normalized spacial score (nSPS) is 11.9. The number of anilines is 1. The van der Waals surface area contributed by atoms with Gasteiger partial charge in [0, 0.05) is 31.1 Å². The van der Waals surface area contributed by atoms with Crippen LogP contribution in [0.3, 0.4) is 0 Å². The summed E-state index contributed by atoms with van der Waals surface area (Å²) < 4.78 is 28.9. The number of rotatable bonds is 13. The van der Waals surface area contributed by atoms with Crippen LogP contribution in [0.1, 0.15) is 25.0 Å². The second-order valence-corrected chi connectivity index (χ2v) is 13.4. The van der Waals surface area contributed by atoms with Crippen molar-refractivity contribution in [1.29, 1.82) is 0 Å². The zero-order valence-electron chi connectivity index (χ0n) is 25.0. The van der Waals surface area contributed by atoms with Crippen LogP contribution in [0.5, 0.6) is 0 Å². The number of amides is 2. The molecule has 0 fully saturated rings. The van der Waals surface area contributed by atoms with Gasteiger partial charge in [-0.2, -0.15) is 0 Å². The summed E-state index contributed by atoms with van der Waals surface area (Å²) in [5.74, 6) is -1.12.